The maximum Gasteiger partial charge on any atom is 0.225 e. The van der Waals surface area contributed by atoms with E-state index < -0.39 is 0 Å². The molecule has 1 amide bonds. The lowest BCUT2D eigenvalue weighted by Gasteiger charge is -2.46. The van der Waals surface area contributed by atoms with E-state index in [-0.39, 0.29) is 5.92 Å². The highest BCUT2D eigenvalue weighted by Gasteiger charge is 2.37. The third-order valence-corrected chi connectivity index (χ3v) is 5.63. The van der Waals surface area contributed by atoms with Gasteiger partial charge in [0.1, 0.15) is 0 Å². The van der Waals surface area contributed by atoms with Crippen LogP contribution < -0.4 is 5.32 Å². The van der Waals surface area contributed by atoms with Crippen LogP contribution in [0.3, 0.4) is 0 Å². The number of amides is 1. The van der Waals surface area contributed by atoms with Crippen LogP contribution in [0.15, 0.2) is 0 Å². The fraction of sp³-hybridized carbons (Fsp3) is 0.938. The second-order valence-corrected chi connectivity index (χ2v) is 7.10. The van der Waals surface area contributed by atoms with Gasteiger partial charge in [-0.1, -0.05) is 0 Å². The topological polar surface area (TPSA) is 35.6 Å². The van der Waals surface area contributed by atoms with Crippen LogP contribution >= 0.6 is 0 Å². The molecule has 114 valence electrons. The summed E-state index contributed by atoms with van der Waals surface area (Å²) in [4.78, 5) is 17.4. The van der Waals surface area contributed by atoms with Crippen LogP contribution in [0.1, 0.15) is 39.0 Å². The van der Waals surface area contributed by atoms with Crippen LogP contribution in [0.2, 0.25) is 0 Å². The molecule has 0 spiro atoms. The maximum absolute atomic E-state index is 12.7. The fourth-order valence-electron chi connectivity index (χ4n) is 4.47. The molecule has 3 rings (SSSR count). The summed E-state index contributed by atoms with van der Waals surface area (Å²) in [5.74, 6) is 1.42. The van der Waals surface area contributed by atoms with Gasteiger partial charge in [-0.3, -0.25) is 4.79 Å². The Morgan fingerprint density at radius 3 is 2.85 bits per heavy atom. The normalized spacial score (nSPS) is 39.4. The van der Waals surface area contributed by atoms with Crippen molar-refractivity contribution in [1.82, 2.24) is 15.1 Å². The molecule has 1 N–H and O–H groups in total. The Hall–Kier alpha value is -0.610. The van der Waals surface area contributed by atoms with Crippen molar-refractivity contribution in [1.29, 1.82) is 0 Å². The van der Waals surface area contributed by atoms with Gasteiger partial charge in [-0.25, -0.2) is 0 Å². The average Bonchev–Trinajstić information content (AvgIpc) is 2.46. The minimum absolute atomic E-state index is 0.268. The van der Waals surface area contributed by atoms with Gasteiger partial charge in [-0.2, -0.15) is 0 Å². The van der Waals surface area contributed by atoms with Gasteiger partial charge in [0.15, 0.2) is 0 Å². The standard InChI is InChI=1S/C16H29N3O/c1-12-10-13(5-7-17-12)16(20)19-9-6-15-14(11-19)4-3-8-18(15)2/h12-15,17H,3-11H2,1-2H3. The fourth-order valence-corrected chi connectivity index (χ4v) is 4.47. The lowest BCUT2D eigenvalue weighted by atomic mass is 9.83. The number of likely N-dealkylation sites (tertiary alicyclic amines) is 2. The molecular formula is C16H29N3O. The molecule has 0 aromatic heterocycles. The number of piperidine rings is 3. The van der Waals surface area contributed by atoms with Gasteiger partial charge in [-0.05, 0) is 65.1 Å². The summed E-state index contributed by atoms with van der Waals surface area (Å²) in [7, 11) is 2.25. The third-order valence-electron chi connectivity index (χ3n) is 5.63. The number of hydrogen-bond donors (Lipinski definition) is 1. The Kier molecular flexibility index (Phi) is 4.32. The van der Waals surface area contributed by atoms with E-state index in [1.54, 1.807) is 0 Å². The second kappa shape index (κ2) is 6.02. The SMILES string of the molecule is CC1CC(C(=O)N2CCC3C(CCCN3C)C2)CCN1. The van der Waals surface area contributed by atoms with Crippen LogP contribution in [0.5, 0.6) is 0 Å². The molecule has 0 aromatic carbocycles. The largest absolute Gasteiger partial charge is 0.342 e. The maximum atomic E-state index is 12.7. The van der Waals surface area contributed by atoms with E-state index in [9.17, 15) is 4.79 Å². The summed E-state index contributed by atoms with van der Waals surface area (Å²) < 4.78 is 0. The van der Waals surface area contributed by atoms with Crippen molar-refractivity contribution < 1.29 is 4.79 Å². The summed E-state index contributed by atoms with van der Waals surface area (Å²) in [5, 5.41) is 3.44. The van der Waals surface area contributed by atoms with Crippen LogP contribution in [0.4, 0.5) is 0 Å². The highest BCUT2D eigenvalue weighted by Crippen LogP contribution is 2.31. The van der Waals surface area contributed by atoms with Gasteiger partial charge < -0.3 is 15.1 Å². The van der Waals surface area contributed by atoms with Gasteiger partial charge in [-0.15, -0.1) is 0 Å². The van der Waals surface area contributed by atoms with Crippen molar-refractivity contribution in [3.8, 4) is 0 Å². The molecule has 0 radical (unpaired) electrons. The summed E-state index contributed by atoms with van der Waals surface area (Å²) in [6, 6.07) is 1.22. The highest BCUT2D eigenvalue weighted by atomic mass is 16.2. The van der Waals surface area contributed by atoms with Crippen molar-refractivity contribution in [3.05, 3.63) is 0 Å². The molecule has 3 saturated heterocycles. The van der Waals surface area contributed by atoms with E-state index in [4.69, 9.17) is 0 Å². The van der Waals surface area contributed by atoms with E-state index >= 15 is 0 Å². The van der Waals surface area contributed by atoms with Gasteiger partial charge in [0.2, 0.25) is 5.91 Å². The van der Waals surface area contributed by atoms with Gasteiger partial charge in [0, 0.05) is 31.1 Å². The van der Waals surface area contributed by atoms with Gasteiger partial charge in [0.05, 0.1) is 0 Å². The molecule has 3 aliphatic heterocycles. The number of hydrogen-bond acceptors (Lipinski definition) is 3. The van der Waals surface area contributed by atoms with E-state index in [1.165, 1.54) is 25.8 Å². The van der Waals surface area contributed by atoms with E-state index in [1.807, 2.05) is 0 Å². The van der Waals surface area contributed by atoms with Gasteiger partial charge in [0.25, 0.3) is 0 Å². The number of fused-ring (bicyclic) bond motifs is 1. The molecule has 3 aliphatic rings. The van der Waals surface area contributed by atoms with Crippen molar-refractivity contribution in [2.45, 2.75) is 51.1 Å². The zero-order valence-corrected chi connectivity index (χ0v) is 13.0. The van der Waals surface area contributed by atoms with Crippen LogP contribution in [0, 0.1) is 11.8 Å². The lowest BCUT2D eigenvalue weighted by molar-refractivity contribution is -0.140. The highest BCUT2D eigenvalue weighted by molar-refractivity contribution is 5.79. The van der Waals surface area contributed by atoms with Crippen LogP contribution in [-0.2, 0) is 4.79 Å². The first-order chi connectivity index (χ1) is 9.65. The Morgan fingerprint density at radius 2 is 2.05 bits per heavy atom. The number of nitrogens with zero attached hydrogens (tertiary/aromatic N) is 2. The number of rotatable bonds is 1. The predicted molar refractivity (Wildman–Crippen MR) is 80.5 cm³/mol. The molecule has 20 heavy (non-hydrogen) atoms. The Bertz CT molecular complexity index is 360. The van der Waals surface area contributed by atoms with Crippen molar-refractivity contribution in [3.63, 3.8) is 0 Å². The summed E-state index contributed by atoms with van der Waals surface area (Å²) in [6.07, 6.45) is 5.82. The molecule has 0 saturated carbocycles. The smallest absolute Gasteiger partial charge is 0.225 e. The first kappa shape index (κ1) is 14.3. The van der Waals surface area contributed by atoms with Crippen molar-refractivity contribution in [2.75, 3.05) is 33.2 Å². The first-order valence-electron chi connectivity index (χ1n) is 8.37. The molecule has 0 bridgehead atoms. The van der Waals surface area contributed by atoms with E-state index in [2.05, 4.69) is 29.1 Å². The Morgan fingerprint density at radius 1 is 1.20 bits per heavy atom. The minimum Gasteiger partial charge on any atom is -0.342 e. The number of carbonyl (C=O) groups is 1. The minimum atomic E-state index is 0.268. The number of carbonyl (C=O) groups excluding carboxylic acids is 1. The molecule has 4 atom stereocenters. The molecule has 3 heterocycles. The molecule has 4 unspecified atom stereocenters. The quantitative estimate of drug-likeness (QED) is 0.786. The summed E-state index contributed by atoms with van der Waals surface area (Å²) in [5.41, 5.74) is 0. The summed E-state index contributed by atoms with van der Waals surface area (Å²) >= 11 is 0. The molecule has 4 heteroatoms. The van der Waals surface area contributed by atoms with Crippen LogP contribution in [-0.4, -0.2) is 61.0 Å². The summed E-state index contributed by atoms with van der Waals surface area (Å²) in [6.45, 7) is 6.41. The molecule has 0 aromatic rings. The predicted octanol–water partition coefficient (Wildman–Crippen LogP) is 1.32. The monoisotopic (exact) mass is 279 g/mol. The average molecular weight is 279 g/mol. The zero-order valence-electron chi connectivity index (χ0n) is 13.0. The molecule has 0 aliphatic carbocycles. The second-order valence-electron chi connectivity index (χ2n) is 7.10. The van der Waals surface area contributed by atoms with Gasteiger partial charge >= 0.3 is 0 Å². The zero-order chi connectivity index (χ0) is 14.1. The number of nitrogens with one attached hydrogen (secondary N) is 1. The Labute approximate surface area is 122 Å². The first-order valence-corrected chi connectivity index (χ1v) is 8.37. The van der Waals surface area contributed by atoms with Crippen molar-refractivity contribution in [2.24, 2.45) is 11.8 Å². The molecule has 3 fully saturated rings. The van der Waals surface area contributed by atoms with Crippen LogP contribution in [0.25, 0.3) is 0 Å². The van der Waals surface area contributed by atoms with E-state index in [0.717, 1.165) is 38.5 Å². The van der Waals surface area contributed by atoms with Crippen molar-refractivity contribution >= 4 is 5.91 Å². The molecular weight excluding hydrogens is 250 g/mol. The third kappa shape index (κ3) is 2.86. The molecule has 4 nitrogen and oxygen atoms in total. The van der Waals surface area contributed by atoms with E-state index in [0.29, 0.717) is 17.9 Å². The Balaban J connectivity index is 1.59. The lowest BCUT2D eigenvalue weighted by Crippen LogP contribution is -2.55.